The lowest BCUT2D eigenvalue weighted by Crippen LogP contribution is -1.83. The van der Waals surface area contributed by atoms with Crippen LogP contribution >= 0.6 is 15.9 Å². The van der Waals surface area contributed by atoms with Crippen LogP contribution in [0.1, 0.15) is 0 Å². The van der Waals surface area contributed by atoms with Crippen LogP contribution in [0.4, 0.5) is 0 Å². The Morgan fingerprint density at radius 3 is 2.12 bits per heavy atom. The molecule has 0 saturated carbocycles. The van der Waals surface area contributed by atoms with Crippen LogP contribution in [0.25, 0.3) is 54.1 Å². The standard InChI is InChI=1S/C24H14BrN/c25-15-10-12-20-21(13-15)26-24-22-16-6-2-1-5-14(16)9-11-19(22)17-7-3-4-8-18(17)23(20)24/h1-13,26H. The maximum absolute atomic E-state index is 3.72. The maximum Gasteiger partial charge on any atom is 0.0557 e. The van der Waals surface area contributed by atoms with Gasteiger partial charge in [0, 0.05) is 26.1 Å². The summed E-state index contributed by atoms with van der Waals surface area (Å²) < 4.78 is 1.09. The van der Waals surface area contributed by atoms with Crippen molar-refractivity contribution in [3.05, 3.63) is 83.3 Å². The molecule has 0 fully saturated rings. The third kappa shape index (κ3) is 1.80. The summed E-state index contributed by atoms with van der Waals surface area (Å²) in [6, 6.07) is 28.4. The number of fused-ring (bicyclic) bond motifs is 10. The predicted molar refractivity (Wildman–Crippen MR) is 116 cm³/mol. The first kappa shape index (κ1) is 14.3. The van der Waals surface area contributed by atoms with E-state index in [0.717, 1.165) is 4.47 Å². The van der Waals surface area contributed by atoms with Gasteiger partial charge in [-0.3, -0.25) is 0 Å². The molecule has 0 aliphatic carbocycles. The number of benzene rings is 5. The Bertz CT molecular complexity index is 1490. The highest BCUT2D eigenvalue weighted by atomic mass is 79.9. The van der Waals surface area contributed by atoms with Crippen LogP contribution in [0.5, 0.6) is 0 Å². The zero-order chi connectivity index (χ0) is 17.3. The number of halogens is 1. The summed E-state index contributed by atoms with van der Waals surface area (Å²) in [5.74, 6) is 0. The van der Waals surface area contributed by atoms with E-state index in [4.69, 9.17) is 0 Å². The molecule has 1 aromatic heterocycles. The van der Waals surface area contributed by atoms with E-state index in [9.17, 15) is 0 Å². The Hall–Kier alpha value is -2.84. The van der Waals surface area contributed by atoms with Gasteiger partial charge in [-0.25, -0.2) is 0 Å². The molecule has 0 aliphatic rings. The van der Waals surface area contributed by atoms with Gasteiger partial charge in [-0.05, 0) is 39.1 Å². The van der Waals surface area contributed by atoms with E-state index in [1.807, 2.05) is 0 Å². The van der Waals surface area contributed by atoms with Crippen LogP contribution in [0, 0.1) is 0 Å². The fourth-order valence-corrected chi connectivity index (χ4v) is 4.70. The first-order valence-electron chi connectivity index (χ1n) is 8.74. The molecule has 122 valence electrons. The molecular weight excluding hydrogens is 382 g/mol. The topological polar surface area (TPSA) is 15.8 Å². The summed E-state index contributed by atoms with van der Waals surface area (Å²) in [4.78, 5) is 3.72. The Labute approximate surface area is 158 Å². The lowest BCUT2D eigenvalue weighted by atomic mass is 9.93. The van der Waals surface area contributed by atoms with Crippen LogP contribution in [0.3, 0.4) is 0 Å². The van der Waals surface area contributed by atoms with Crippen molar-refractivity contribution in [1.29, 1.82) is 0 Å². The number of nitrogens with one attached hydrogen (secondary N) is 1. The zero-order valence-corrected chi connectivity index (χ0v) is 15.5. The number of hydrogen-bond acceptors (Lipinski definition) is 0. The molecule has 0 bridgehead atoms. The van der Waals surface area contributed by atoms with Crippen molar-refractivity contribution in [2.75, 3.05) is 0 Å². The SMILES string of the molecule is Brc1ccc2c(c1)[nH]c1c3c4ccccc4ccc3c3ccccc3c21. The number of rotatable bonds is 0. The lowest BCUT2D eigenvalue weighted by Gasteiger charge is -2.10. The second-order valence-electron chi connectivity index (χ2n) is 6.82. The van der Waals surface area contributed by atoms with Crippen LogP contribution in [-0.4, -0.2) is 4.98 Å². The Morgan fingerprint density at radius 1 is 0.577 bits per heavy atom. The molecule has 6 rings (SSSR count). The minimum absolute atomic E-state index is 1.09. The summed E-state index contributed by atoms with van der Waals surface area (Å²) in [6.45, 7) is 0. The summed E-state index contributed by atoms with van der Waals surface area (Å²) in [6.07, 6.45) is 0. The van der Waals surface area contributed by atoms with Gasteiger partial charge in [0.05, 0.1) is 5.52 Å². The van der Waals surface area contributed by atoms with Gasteiger partial charge in [0.1, 0.15) is 0 Å². The molecule has 0 unspecified atom stereocenters. The lowest BCUT2D eigenvalue weighted by molar-refractivity contribution is 1.56. The van der Waals surface area contributed by atoms with Crippen molar-refractivity contribution in [3.8, 4) is 0 Å². The van der Waals surface area contributed by atoms with Crippen LogP contribution in [0.2, 0.25) is 0 Å². The third-order valence-electron chi connectivity index (χ3n) is 5.43. The first-order chi connectivity index (χ1) is 12.8. The Kier molecular flexibility index (Phi) is 2.81. The summed E-state index contributed by atoms with van der Waals surface area (Å²) in [5, 5.41) is 10.4. The van der Waals surface area contributed by atoms with Gasteiger partial charge in [-0.2, -0.15) is 0 Å². The monoisotopic (exact) mass is 395 g/mol. The molecule has 0 radical (unpaired) electrons. The quantitative estimate of drug-likeness (QED) is 0.255. The molecule has 1 N–H and O–H groups in total. The van der Waals surface area contributed by atoms with Gasteiger partial charge in [-0.15, -0.1) is 0 Å². The highest BCUT2D eigenvalue weighted by Gasteiger charge is 2.15. The molecule has 0 aliphatic heterocycles. The molecular formula is C24H14BrN. The van der Waals surface area contributed by atoms with E-state index in [1.54, 1.807) is 0 Å². The predicted octanol–water partition coefficient (Wildman–Crippen LogP) is 7.54. The third-order valence-corrected chi connectivity index (χ3v) is 5.92. The van der Waals surface area contributed by atoms with Crippen molar-refractivity contribution in [3.63, 3.8) is 0 Å². The average molecular weight is 396 g/mol. The zero-order valence-electron chi connectivity index (χ0n) is 13.9. The van der Waals surface area contributed by atoms with Crippen LogP contribution in [-0.2, 0) is 0 Å². The van der Waals surface area contributed by atoms with Gasteiger partial charge in [0.15, 0.2) is 0 Å². The molecule has 0 atom stereocenters. The molecule has 2 heteroatoms. The average Bonchev–Trinajstić information content (AvgIpc) is 3.06. The molecule has 0 saturated heterocycles. The largest absolute Gasteiger partial charge is 0.354 e. The molecule has 26 heavy (non-hydrogen) atoms. The van der Waals surface area contributed by atoms with Crippen molar-refractivity contribution in [1.82, 2.24) is 4.98 Å². The van der Waals surface area contributed by atoms with E-state index in [2.05, 4.69) is 99.8 Å². The summed E-state index contributed by atoms with van der Waals surface area (Å²) in [7, 11) is 0. The van der Waals surface area contributed by atoms with Crippen LogP contribution < -0.4 is 0 Å². The molecule has 0 amide bonds. The normalized spacial score (nSPS) is 12.0. The van der Waals surface area contributed by atoms with E-state index in [0.29, 0.717) is 0 Å². The molecule has 0 spiro atoms. The summed E-state index contributed by atoms with van der Waals surface area (Å²) in [5.41, 5.74) is 2.39. The second-order valence-corrected chi connectivity index (χ2v) is 7.74. The fraction of sp³-hybridized carbons (Fsp3) is 0. The van der Waals surface area contributed by atoms with E-state index >= 15 is 0 Å². The van der Waals surface area contributed by atoms with Crippen molar-refractivity contribution in [2.45, 2.75) is 0 Å². The van der Waals surface area contributed by atoms with Crippen molar-refractivity contribution < 1.29 is 0 Å². The minimum Gasteiger partial charge on any atom is -0.354 e. The number of H-pyrrole nitrogens is 1. The van der Waals surface area contributed by atoms with Gasteiger partial charge in [0.2, 0.25) is 0 Å². The smallest absolute Gasteiger partial charge is 0.0557 e. The first-order valence-corrected chi connectivity index (χ1v) is 9.54. The second kappa shape index (κ2) is 5.09. The number of hydrogen-bond donors (Lipinski definition) is 1. The number of aromatic amines is 1. The maximum atomic E-state index is 3.72. The number of aromatic nitrogens is 1. The van der Waals surface area contributed by atoms with Gasteiger partial charge < -0.3 is 4.98 Å². The van der Waals surface area contributed by atoms with Gasteiger partial charge >= 0.3 is 0 Å². The fourth-order valence-electron chi connectivity index (χ4n) is 4.34. The van der Waals surface area contributed by atoms with Crippen LogP contribution in [0.15, 0.2) is 83.3 Å². The van der Waals surface area contributed by atoms with Crippen molar-refractivity contribution in [2.24, 2.45) is 0 Å². The summed E-state index contributed by atoms with van der Waals surface area (Å²) >= 11 is 3.61. The van der Waals surface area contributed by atoms with E-state index < -0.39 is 0 Å². The van der Waals surface area contributed by atoms with E-state index in [1.165, 1.54) is 54.1 Å². The molecule has 1 heterocycles. The van der Waals surface area contributed by atoms with Crippen molar-refractivity contribution >= 4 is 70.1 Å². The van der Waals surface area contributed by atoms with E-state index in [-0.39, 0.29) is 0 Å². The minimum atomic E-state index is 1.09. The highest BCUT2D eigenvalue weighted by molar-refractivity contribution is 9.10. The van der Waals surface area contributed by atoms with Gasteiger partial charge in [-0.1, -0.05) is 82.7 Å². The Morgan fingerprint density at radius 2 is 1.23 bits per heavy atom. The highest BCUT2D eigenvalue weighted by Crippen LogP contribution is 2.41. The molecule has 6 aromatic rings. The molecule has 1 nitrogen and oxygen atoms in total. The van der Waals surface area contributed by atoms with Gasteiger partial charge in [0.25, 0.3) is 0 Å². The Balaban J connectivity index is 2.05. The molecule has 5 aromatic carbocycles.